The number of aryl methyl sites for hydroxylation is 1. The molecule has 0 amide bonds. The van der Waals surface area contributed by atoms with Gasteiger partial charge in [-0.15, -0.1) is 11.3 Å². The quantitative estimate of drug-likeness (QED) is 0.818. The summed E-state index contributed by atoms with van der Waals surface area (Å²) in [6.45, 7) is 2.03. The number of carbonyl (C=O) groups is 1. The first-order valence-electron chi connectivity index (χ1n) is 5.02. The van der Waals surface area contributed by atoms with Crippen LogP contribution in [-0.4, -0.2) is 10.4 Å². The van der Waals surface area contributed by atoms with Crippen molar-refractivity contribution >= 4 is 33.0 Å². The van der Waals surface area contributed by atoms with Crippen molar-refractivity contribution < 1.29 is 4.79 Å². The second kappa shape index (κ2) is 4.98. The largest absolute Gasteiger partial charge is 0.307 e. The first-order valence-corrected chi connectivity index (χ1v) is 6.63. The van der Waals surface area contributed by atoms with E-state index in [0.717, 1.165) is 9.35 Å². The number of halogens is 1. The fourth-order valence-corrected chi connectivity index (χ4v) is 2.62. The van der Waals surface area contributed by atoms with Gasteiger partial charge in [0, 0.05) is 21.6 Å². The molecule has 2 rings (SSSR count). The monoisotopic (exact) mass is 311 g/mol. The number of ketones is 1. The molecule has 0 N–H and O–H groups in total. The number of hydrogen-bond acceptors (Lipinski definition) is 3. The maximum absolute atomic E-state index is 11.9. The SMILES string of the molecule is Cc1ccc(C(=O)Cn2cc(Br)ccc2=O)s1. The van der Waals surface area contributed by atoms with Crippen LogP contribution in [-0.2, 0) is 6.54 Å². The van der Waals surface area contributed by atoms with Crippen molar-refractivity contribution in [1.29, 1.82) is 0 Å². The topological polar surface area (TPSA) is 39.1 Å². The maximum atomic E-state index is 11.9. The van der Waals surface area contributed by atoms with Crippen molar-refractivity contribution in [3.63, 3.8) is 0 Å². The van der Waals surface area contributed by atoms with Gasteiger partial charge in [-0.2, -0.15) is 0 Å². The highest BCUT2D eigenvalue weighted by molar-refractivity contribution is 9.10. The Balaban J connectivity index is 2.24. The average Bonchev–Trinajstić information content (AvgIpc) is 2.70. The second-order valence-electron chi connectivity index (χ2n) is 3.65. The van der Waals surface area contributed by atoms with Gasteiger partial charge in [0.25, 0.3) is 5.56 Å². The standard InChI is InChI=1S/C12H10BrNO2S/c1-8-2-4-11(17-8)10(15)7-14-6-9(13)3-5-12(14)16/h2-6H,7H2,1H3. The molecule has 5 heteroatoms. The lowest BCUT2D eigenvalue weighted by Crippen LogP contribution is -2.22. The van der Waals surface area contributed by atoms with E-state index in [1.165, 1.54) is 22.0 Å². The Labute approximate surface area is 111 Å². The minimum Gasteiger partial charge on any atom is -0.307 e. The van der Waals surface area contributed by atoms with Crippen molar-refractivity contribution in [3.05, 3.63) is 55.0 Å². The van der Waals surface area contributed by atoms with Crippen molar-refractivity contribution in [3.8, 4) is 0 Å². The zero-order valence-corrected chi connectivity index (χ0v) is 11.5. The zero-order valence-electron chi connectivity index (χ0n) is 9.14. The summed E-state index contributed by atoms with van der Waals surface area (Å²) in [6.07, 6.45) is 1.63. The van der Waals surface area contributed by atoms with Crippen molar-refractivity contribution in [2.45, 2.75) is 13.5 Å². The predicted octanol–water partition coefficient (Wildman–Crippen LogP) is 2.86. The van der Waals surface area contributed by atoms with E-state index in [2.05, 4.69) is 15.9 Å². The molecule has 0 aliphatic rings. The van der Waals surface area contributed by atoms with Gasteiger partial charge in [0.2, 0.25) is 0 Å². The molecule has 0 aliphatic carbocycles. The Kier molecular flexibility index (Phi) is 3.59. The molecule has 0 fully saturated rings. The molecule has 0 saturated heterocycles. The summed E-state index contributed by atoms with van der Waals surface area (Å²) in [4.78, 5) is 25.2. The molecule has 2 aromatic rings. The Morgan fingerprint density at radius 1 is 1.35 bits per heavy atom. The summed E-state index contributed by atoms with van der Waals surface area (Å²) in [6, 6.07) is 6.81. The summed E-state index contributed by atoms with van der Waals surface area (Å²) in [7, 11) is 0. The van der Waals surface area contributed by atoms with Gasteiger partial charge in [0.05, 0.1) is 11.4 Å². The van der Waals surface area contributed by atoms with Crippen LogP contribution < -0.4 is 5.56 Å². The molecule has 17 heavy (non-hydrogen) atoms. The highest BCUT2D eigenvalue weighted by Gasteiger charge is 2.09. The number of aromatic nitrogens is 1. The van der Waals surface area contributed by atoms with Crippen LogP contribution in [0.3, 0.4) is 0 Å². The van der Waals surface area contributed by atoms with Gasteiger partial charge in [-0.3, -0.25) is 9.59 Å². The Hall–Kier alpha value is -1.20. The van der Waals surface area contributed by atoms with E-state index < -0.39 is 0 Å². The van der Waals surface area contributed by atoms with E-state index in [0.29, 0.717) is 4.88 Å². The molecule has 0 aromatic carbocycles. The van der Waals surface area contributed by atoms with Crippen molar-refractivity contribution in [2.75, 3.05) is 0 Å². The van der Waals surface area contributed by atoms with E-state index in [1.807, 2.05) is 13.0 Å². The zero-order chi connectivity index (χ0) is 12.4. The number of rotatable bonds is 3. The van der Waals surface area contributed by atoms with Crippen LogP contribution in [0.1, 0.15) is 14.5 Å². The molecule has 0 atom stereocenters. The third kappa shape index (κ3) is 2.92. The number of hydrogen-bond donors (Lipinski definition) is 0. The van der Waals surface area contributed by atoms with Gasteiger partial charge in [0.15, 0.2) is 5.78 Å². The van der Waals surface area contributed by atoms with E-state index in [1.54, 1.807) is 18.3 Å². The van der Waals surface area contributed by atoms with Crippen LogP contribution >= 0.6 is 27.3 Å². The molecule has 2 aromatic heterocycles. The van der Waals surface area contributed by atoms with E-state index in [9.17, 15) is 9.59 Å². The van der Waals surface area contributed by atoms with Gasteiger partial charge in [-0.05, 0) is 41.1 Å². The van der Waals surface area contributed by atoms with Crippen LogP contribution in [0.2, 0.25) is 0 Å². The number of Topliss-reactive ketones (excluding diaryl/α,β-unsaturated/α-hetero) is 1. The van der Waals surface area contributed by atoms with Gasteiger partial charge in [-0.1, -0.05) is 0 Å². The van der Waals surface area contributed by atoms with E-state index in [-0.39, 0.29) is 17.9 Å². The van der Waals surface area contributed by atoms with E-state index in [4.69, 9.17) is 0 Å². The minimum atomic E-state index is -0.171. The molecule has 0 bridgehead atoms. The maximum Gasteiger partial charge on any atom is 0.251 e. The number of pyridine rings is 1. The molecule has 2 heterocycles. The van der Waals surface area contributed by atoms with Crippen LogP contribution in [0.5, 0.6) is 0 Å². The smallest absolute Gasteiger partial charge is 0.251 e. The Bertz CT molecular complexity index is 615. The summed E-state index contributed by atoms with van der Waals surface area (Å²) < 4.78 is 2.19. The third-order valence-corrected chi connectivity index (χ3v) is 3.79. The average molecular weight is 312 g/mol. The normalized spacial score (nSPS) is 10.5. The van der Waals surface area contributed by atoms with Gasteiger partial charge in [-0.25, -0.2) is 0 Å². The number of thiophene rings is 1. The molecule has 3 nitrogen and oxygen atoms in total. The molecule has 88 valence electrons. The summed E-state index contributed by atoms with van der Waals surface area (Å²) in [5, 5.41) is 0. The third-order valence-electron chi connectivity index (χ3n) is 2.28. The summed E-state index contributed by atoms with van der Waals surface area (Å²) in [5.74, 6) is -0.0386. The van der Waals surface area contributed by atoms with Crippen molar-refractivity contribution in [1.82, 2.24) is 4.57 Å². The van der Waals surface area contributed by atoms with Gasteiger partial charge < -0.3 is 4.57 Å². The fourth-order valence-electron chi connectivity index (χ4n) is 1.44. The first-order chi connectivity index (χ1) is 8.06. The van der Waals surface area contributed by atoms with Crippen LogP contribution in [0, 0.1) is 6.92 Å². The number of nitrogens with zero attached hydrogens (tertiary/aromatic N) is 1. The van der Waals surface area contributed by atoms with E-state index >= 15 is 0 Å². The molecular formula is C12H10BrNO2S. The van der Waals surface area contributed by atoms with Crippen LogP contribution in [0.15, 0.2) is 39.7 Å². The second-order valence-corrected chi connectivity index (χ2v) is 5.85. The molecule has 0 aliphatic heterocycles. The Morgan fingerprint density at radius 3 is 2.76 bits per heavy atom. The lowest BCUT2D eigenvalue weighted by molar-refractivity contribution is 0.0974. The molecular weight excluding hydrogens is 302 g/mol. The van der Waals surface area contributed by atoms with Gasteiger partial charge >= 0.3 is 0 Å². The van der Waals surface area contributed by atoms with Crippen LogP contribution in [0.4, 0.5) is 0 Å². The summed E-state index contributed by atoms with van der Waals surface area (Å²) >= 11 is 4.73. The lowest BCUT2D eigenvalue weighted by atomic mass is 10.3. The summed E-state index contributed by atoms with van der Waals surface area (Å²) in [5.41, 5.74) is -0.171. The Morgan fingerprint density at radius 2 is 2.12 bits per heavy atom. The highest BCUT2D eigenvalue weighted by Crippen LogP contribution is 2.16. The molecule has 0 spiro atoms. The number of carbonyl (C=O) groups excluding carboxylic acids is 1. The lowest BCUT2D eigenvalue weighted by Gasteiger charge is -2.03. The van der Waals surface area contributed by atoms with Gasteiger partial charge in [0.1, 0.15) is 0 Å². The highest BCUT2D eigenvalue weighted by atomic mass is 79.9. The molecule has 0 saturated carbocycles. The first kappa shape index (κ1) is 12.3. The van der Waals surface area contributed by atoms with Crippen molar-refractivity contribution in [2.24, 2.45) is 0 Å². The predicted molar refractivity (Wildman–Crippen MR) is 71.8 cm³/mol. The molecule has 0 radical (unpaired) electrons. The van der Waals surface area contributed by atoms with Crippen LogP contribution in [0.25, 0.3) is 0 Å². The molecule has 0 unspecified atom stereocenters. The minimum absolute atomic E-state index is 0.0386. The fraction of sp³-hybridized carbons (Fsp3) is 0.167.